The van der Waals surface area contributed by atoms with Gasteiger partial charge in [-0.1, -0.05) is 6.92 Å². The highest BCUT2D eigenvalue weighted by molar-refractivity contribution is 5.93. The van der Waals surface area contributed by atoms with E-state index in [1.807, 2.05) is 0 Å². The van der Waals surface area contributed by atoms with Crippen molar-refractivity contribution in [2.75, 3.05) is 7.11 Å². The molecule has 0 aliphatic rings. The van der Waals surface area contributed by atoms with E-state index in [0.717, 1.165) is 0 Å². The van der Waals surface area contributed by atoms with Crippen molar-refractivity contribution >= 4 is 23.7 Å². The Hall–Kier alpha value is -2.16. The van der Waals surface area contributed by atoms with Gasteiger partial charge in [-0.3, -0.25) is 14.4 Å². The van der Waals surface area contributed by atoms with Gasteiger partial charge in [0.1, 0.15) is 18.1 Å². The number of methoxy groups -OCH3 is 1. The van der Waals surface area contributed by atoms with Crippen LogP contribution in [-0.4, -0.2) is 55.0 Å². The molecule has 5 N–H and O–H groups in total. The largest absolute Gasteiger partial charge is 0.467 e. The third kappa shape index (κ3) is 7.09. The van der Waals surface area contributed by atoms with E-state index in [0.29, 0.717) is 6.42 Å². The number of nitrogens with two attached hydrogens (primary N) is 1. The first-order valence-corrected chi connectivity index (χ1v) is 7.38. The van der Waals surface area contributed by atoms with E-state index >= 15 is 0 Å². The first-order chi connectivity index (χ1) is 10.6. The lowest BCUT2D eigenvalue weighted by atomic mass is 10.1. The first kappa shape index (κ1) is 20.8. The molecule has 0 rings (SSSR count). The summed E-state index contributed by atoms with van der Waals surface area (Å²) in [6.07, 6.45) is 0.344. The molecule has 3 amide bonds. The standard InChI is InChI=1S/C14H26N4O5/c1-6-10(18-11(19)7(2)15)13(21)16-8(3)12(20)17-9(4)14(22)23-5/h7-10H,6,15H2,1-5H3,(H,16,21)(H,17,20)(H,18,19). The molecule has 0 saturated carbocycles. The van der Waals surface area contributed by atoms with Crippen LogP contribution in [0.2, 0.25) is 0 Å². The highest BCUT2D eigenvalue weighted by Crippen LogP contribution is 1.95. The Morgan fingerprint density at radius 3 is 1.87 bits per heavy atom. The smallest absolute Gasteiger partial charge is 0.328 e. The molecule has 0 aliphatic carbocycles. The van der Waals surface area contributed by atoms with Crippen LogP contribution in [0.3, 0.4) is 0 Å². The van der Waals surface area contributed by atoms with E-state index in [4.69, 9.17) is 5.73 Å². The van der Waals surface area contributed by atoms with Gasteiger partial charge in [-0.25, -0.2) is 4.79 Å². The number of hydrogen-bond acceptors (Lipinski definition) is 6. The molecule has 0 heterocycles. The normalized spacial score (nSPS) is 15.6. The summed E-state index contributed by atoms with van der Waals surface area (Å²) in [6.45, 7) is 6.16. The van der Waals surface area contributed by atoms with Gasteiger partial charge >= 0.3 is 5.97 Å². The Morgan fingerprint density at radius 2 is 1.43 bits per heavy atom. The summed E-state index contributed by atoms with van der Waals surface area (Å²) in [5, 5.41) is 7.39. The lowest BCUT2D eigenvalue weighted by Gasteiger charge is -2.21. The van der Waals surface area contributed by atoms with Gasteiger partial charge < -0.3 is 26.4 Å². The van der Waals surface area contributed by atoms with Crippen molar-refractivity contribution in [3.05, 3.63) is 0 Å². The summed E-state index contributed by atoms with van der Waals surface area (Å²) in [6, 6.07) is -3.23. The van der Waals surface area contributed by atoms with Crippen LogP contribution >= 0.6 is 0 Å². The molecule has 0 aromatic heterocycles. The van der Waals surface area contributed by atoms with Crippen molar-refractivity contribution in [3.63, 3.8) is 0 Å². The van der Waals surface area contributed by atoms with E-state index in [1.54, 1.807) is 6.92 Å². The van der Waals surface area contributed by atoms with Gasteiger partial charge in [0, 0.05) is 0 Å². The molecule has 9 nitrogen and oxygen atoms in total. The molecule has 0 fully saturated rings. The Morgan fingerprint density at radius 1 is 0.913 bits per heavy atom. The second kappa shape index (κ2) is 9.78. The summed E-state index contributed by atoms with van der Waals surface area (Å²) in [7, 11) is 1.21. The van der Waals surface area contributed by atoms with Crippen molar-refractivity contribution in [1.82, 2.24) is 16.0 Å². The Balaban J connectivity index is 4.59. The van der Waals surface area contributed by atoms with Crippen LogP contribution in [-0.2, 0) is 23.9 Å². The number of rotatable bonds is 8. The molecule has 9 heteroatoms. The predicted octanol–water partition coefficient (Wildman–Crippen LogP) is -1.59. The van der Waals surface area contributed by atoms with Gasteiger partial charge in [0.25, 0.3) is 0 Å². The monoisotopic (exact) mass is 330 g/mol. The van der Waals surface area contributed by atoms with Crippen LogP contribution < -0.4 is 21.7 Å². The average Bonchev–Trinajstić information content (AvgIpc) is 2.50. The van der Waals surface area contributed by atoms with Crippen LogP contribution in [0, 0.1) is 0 Å². The molecule has 0 aliphatic heterocycles. The van der Waals surface area contributed by atoms with Crippen molar-refractivity contribution < 1.29 is 23.9 Å². The summed E-state index contributed by atoms with van der Waals surface area (Å²) in [5.41, 5.74) is 5.43. The Labute approximate surface area is 135 Å². The minimum Gasteiger partial charge on any atom is -0.467 e. The number of carbonyl (C=O) groups excluding carboxylic acids is 4. The van der Waals surface area contributed by atoms with Crippen LogP contribution in [0.15, 0.2) is 0 Å². The molecule has 0 spiro atoms. The quantitative estimate of drug-likeness (QED) is 0.396. The van der Waals surface area contributed by atoms with Crippen LogP contribution in [0.4, 0.5) is 0 Å². The Kier molecular flexibility index (Phi) is 8.86. The summed E-state index contributed by atoms with van der Waals surface area (Å²) < 4.78 is 4.50. The fraction of sp³-hybridized carbons (Fsp3) is 0.714. The SMILES string of the molecule is CCC(NC(=O)C(C)N)C(=O)NC(C)C(=O)NC(C)C(=O)OC. The zero-order valence-electron chi connectivity index (χ0n) is 14.1. The molecule has 0 bridgehead atoms. The topological polar surface area (TPSA) is 140 Å². The van der Waals surface area contributed by atoms with Gasteiger partial charge in [-0.05, 0) is 27.2 Å². The van der Waals surface area contributed by atoms with Gasteiger partial charge in [-0.15, -0.1) is 0 Å². The minimum atomic E-state index is -0.879. The van der Waals surface area contributed by atoms with Crippen LogP contribution in [0.1, 0.15) is 34.1 Å². The lowest BCUT2D eigenvalue weighted by molar-refractivity contribution is -0.144. The molecule has 0 aromatic carbocycles. The molecule has 0 aromatic rings. The average molecular weight is 330 g/mol. The molecule has 4 atom stereocenters. The van der Waals surface area contributed by atoms with Crippen molar-refractivity contribution in [3.8, 4) is 0 Å². The van der Waals surface area contributed by atoms with Gasteiger partial charge in [-0.2, -0.15) is 0 Å². The van der Waals surface area contributed by atoms with Crippen LogP contribution in [0.25, 0.3) is 0 Å². The number of nitrogens with one attached hydrogen (secondary N) is 3. The van der Waals surface area contributed by atoms with E-state index < -0.39 is 47.9 Å². The number of amides is 3. The molecule has 23 heavy (non-hydrogen) atoms. The number of ether oxygens (including phenoxy) is 1. The second-order valence-electron chi connectivity index (χ2n) is 5.24. The third-order valence-corrected chi connectivity index (χ3v) is 3.12. The third-order valence-electron chi connectivity index (χ3n) is 3.12. The summed E-state index contributed by atoms with van der Waals surface area (Å²) in [4.78, 5) is 46.8. The zero-order valence-corrected chi connectivity index (χ0v) is 14.1. The van der Waals surface area contributed by atoms with Crippen molar-refractivity contribution in [1.29, 1.82) is 0 Å². The van der Waals surface area contributed by atoms with Crippen molar-refractivity contribution in [2.45, 2.75) is 58.3 Å². The lowest BCUT2D eigenvalue weighted by Crippen LogP contribution is -2.55. The maximum absolute atomic E-state index is 12.1. The fourth-order valence-corrected chi connectivity index (χ4v) is 1.61. The summed E-state index contributed by atoms with van der Waals surface area (Å²) in [5.74, 6) is -2.09. The zero-order chi connectivity index (χ0) is 18.2. The minimum absolute atomic E-state index is 0.344. The van der Waals surface area contributed by atoms with Crippen LogP contribution in [0.5, 0.6) is 0 Å². The molecule has 132 valence electrons. The predicted molar refractivity (Wildman–Crippen MR) is 83.1 cm³/mol. The number of esters is 1. The van der Waals surface area contributed by atoms with E-state index in [9.17, 15) is 19.2 Å². The van der Waals surface area contributed by atoms with E-state index in [2.05, 4.69) is 20.7 Å². The molecule has 4 unspecified atom stereocenters. The van der Waals surface area contributed by atoms with E-state index in [1.165, 1.54) is 27.9 Å². The van der Waals surface area contributed by atoms with E-state index in [-0.39, 0.29) is 0 Å². The number of hydrogen-bond donors (Lipinski definition) is 4. The van der Waals surface area contributed by atoms with Gasteiger partial charge in [0.05, 0.1) is 13.2 Å². The highest BCUT2D eigenvalue weighted by atomic mass is 16.5. The maximum Gasteiger partial charge on any atom is 0.328 e. The fourth-order valence-electron chi connectivity index (χ4n) is 1.61. The maximum atomic E-state index is 12.1. The number of carbonyl (C=O) groups is 4. The van der Waals surface area contributed by atoms with Gasteiger partial charge in [0.15, 0.2) is 0 Å². The van der Waals surface area contributed by atoms with Crippen molar-refractivity contribution in [2.24, 2.45) is 5.73 Å². The molecular formula is C14H26N4O5. The highest BCUT2D eigenvalue weighted by Gasteiger charge is 2.25. The molecular weight excluding hydrogens is 304 g/mol. The molecule has 0 radical (unpaired) electrons. The summed E-state index contributed by atoms with van der Waals surface area (Å²) >= 11 is 0. The second-order valence-corrected chi connectivity index (χ2v) is 5.24. The first-order valence-electron chi connectivity index (χ1n) is 7.38. The van der Waals surface area contributed by atoms with Gasteiger partial charge in [0.2, 0.25) is 17.7 Å². The molecule has 0 saturated heterocycles. The Bertz CT molecular complexity index is 452.